The van der Waals surface area contributed by atoms with Crippen LogP contribution in [0.25, 0.3) is 0 Å². The van der Waals surface area contributed by atoms with E-state index >= 15 is 0 Å². The zero-order chi connectivity index (χ0) is 16.4. The lowest BCUT2D eigenvalue weighted by molar-refractivity contribution is -0.151. The first-order valence-electron chi connectivity index (χ1n) is 9.29. The largest absolute Gasteiger partial charge is 0.465 e. The summed E-state index contributed by atoms with van der Waals surface area (Å²) in [7, 11) is 0. The van der Waals surface area contributed by atoms with Gasteiger partial charge >= 0.3 is 5.97 Å². The molecule has 0 spiro atoms. The highest BCUT2D eigenvalue weighted by molar-refractivity contribution is 9.09. The Hall–Kier alpha value is -0.0500. The fourth-order valence-electron chi connectivity index (χ4n) is 3.53. The van der Waals surface area contributed by atoms with Crippen LogP contribution in [0.3, 0.4) is 0 Å². The summed E-state index contributed by atoms with van der Waals surface area (Å²) in [6.07, 6.45) is 11.0. The maximum absolute atomic E-state index is 12.2. The van der Waals surface area contributed by atoms with Crippen LogP contribution in [-0.4, -0.2) is 17.9 Å². The molecule has 0 radical (unpaired) electrons. The number of alkyl halides is 1. The van der Waals surface area contributed by atoms with Gasteiger partial charge in [0.1, 0.15) is 0 Å². The van der Waals surface area contributed by atoms with E-state index < -0.39 is 0 Å². The van der Waals surface area contributed by atoms with Gasteiger partial charge in [0.05, 0.1) is 12.5 Å². The summed E-state index contributed by atoms with van der Waals surface area (Å²) in [5.74, 6) is 2.19. The van der Waals surface area contributed by atoms with Gasteiger partial charge in [-0.15, -0.1) is 0 Å². The number of halogens is 1. The third-order valence-electron chi connectivity index (χ3n) is 4.97. The molecule has 1 saturated carbocycles. The highest BCUT2D eigenvalue weighted by atomic mass is 79.9. The molecule has 0 saturated heterocycles. The predicted molar refractivity (Wildman–Crippen MR) is 97.3 cm³/mol. The zero-order valence-corrected chi connectivity index (χ0v) is 16.4. The minimum absolute atomic E-state index is 0.0605. The summed E-state index contributed by atoms with van der Waals surface area (Å²) >= 11 is 3.51. The minimum Gasteiger partial charge on any atom is -0.465 e. The van der Waals surface area contributed by atoms with Crippen molar-refractivity contribution >= 4 is 21.9 Å². The minimum atomic E-state index is 0.0605. The van der Waals surface area contributed by atoms with E-state index in [1.807, 2.05) is 0 Å². The van der Waals surface area contributed by atoms with Gasteiger partial charge in [-0.25, -0.2) is 0 Å². The number of hydrogen-bond donors (Lipinski definition) is 0. The van der Waals surface area contributed by atoms with Gasteiger partial charge in [0, 0.05) is 5.33 Å². The van der Waals surface area contributed by atoms with Gasteiger partial charge in [-0.3, -0.25) is 4.79 Å². The molecule has 0 bridgehead atoms. The van der Waals surface area contributed by atoms with Gasteiger partial charge in [0.25, 0.3) is 0 Å². The van der Waals surface area contributed by atoms with E-state index in [0.717, 1.165) is 30.5 Å². The molecule has 0 aliphatic heterocycles. The maximum Gasteiger partial charge on any atom is 0.308 e. The Bertz CT molecular complexity index is 298. The Morgan fingerprint density at radius 1 is 1.14 bits per heavy atom. The molecule has 0 N–H and O–H groups in total. The van der Waals surface area contributed by atoms with Gasteiger partial charge in [-0.1, -0.05) is 62.4 Å². The van der Waals surface area contributed by atoms with Crippen molar-refractivity contribution < 1.29 is 9.53 Å². The van der Waals surface area contributed by atoms with E-state index in [2.05, 4.69) is 36.7 Å². The van der Waals surface area contributed by atoms with Crippen LogP contribution in [-0.2, 0) is 9.53 Å². The van der Waals surface area contributed by atoms with Gasteiger partial charge in [0.2, 0.25) is 0 Å². The summed E-state index contributed by atoms with van der Waals surface area (Å²) in [6.45, 7) is 7.25. The van der Waals surface area contributed by atoms with Crippen LogP contribution in [0.15, 0.2) is 0 Å². The molecule has 130 valence electrons. The summed E-state index contributed by atoms with van der Waals surface area (Å²) in [5, 5.41) is 1.02. The first-order valence-corrected chi connectivity index (χ1v) is 10.4. The van der Waals surface area contributed by atoms with Crippen LogP contribution >= 0.6 is 15.9 Å². The number of rotatable bonds is 10. The topological polar surface area (TPSA) is 26.3 Å². The first kappa shape index (κ1) is 20.0. The Kier molecular flexibility index (Phi) is 10.4. The second-order valence-corrected chi connectivity index (χ2v) is 8.09. The fourth-order valence-corrected chi connectivity index (χ4v) is 3.79. The molecule has 2 nitrogen and oxygen atoms in total. The highest BCUT2D eigenvalue weighted by Gasteiger charge is 2.27. The Morgan fingerprint density at radius 3 is 2.41 bits per heavy atom. The van der Waals surface area contributed by atoms with Gasteiger partial charge < -0.3 is 4.74 Å². The molecule has 0 aromatic heterocycles. The van der Waals surface area contributed by atoms with Crippen molar-refractivity contribution in [3.63, 3.8) is 0 Å². The molecule has 0 amide bonds. The highest BCUT2D eigenvalue weighted by Crippen LogP contribution is 2.32. The number of unbranched alkanes of at least 4 members (excludes halogenated alkanes) is 2. The van der Waals surface area contributed by atoms with Crippen molar-refractivity contribution in [3.8, 4) is 0 Å². The number of hydrogen-bond acceptors (Lipinski definition) is 2. The first-order chi connectivity index (χ1) is 10.6. The third-order valence-corrected chi connectivity index (χ3v) is 6.08. The van der Waals surface area contributed by atoms with Crippen molar-refractivity contribution in [1.29, 1.82) is 0 Å². The average molecular weight is 375 g/mol. The molecule has 0 heterocycles. The second kappa shape index (κ2) is 11.5. The molecule has 1 aliphatic rings. The summed E-state index contributed by atoms with van der Waals surface area (Å²) in [6, 6.07) is 0. The molecule has 0 aromatic carbocycles. The molecule has 1 rings (SSSR count). The molecular weight excluding hydrogens is 340 g/mol. The van der Waals surface area contributed by atoms with E-state index in [9.17, 15) is 4.79 Å². The van der Waals surface area contributed by atoms with Crippen LogP contribution in [0, 0.1) is 23.7 Å². The average Bonchev–Trinajstić information content (AvgIpc) is 2.53. The number of ether oxygens (including phenoxy) is 1. The number of esters is 1. The predicted octanol–water partition coefficient (Wildman–Crippen LogP) is 5.97. The standard InChI is InChI=1S/C19H35BrO2/c1-4-5-6-7-17-8-10-18(11-9-17)19(21)22-14-16(3)12-15(2)13-20/h15-18H,4-14H2,1-3H3. The second-order valence-electron chi connectivity index (χ2n) is 7.44. The monoisotopic (exact) mass is 374 g/mol. The van der Waals surface area contributed by atoms with Crippen molar-refractivity contribution in [1.82, 2.24) is 0 Å². The lowest BCUT2D eigenvalue weighted by Gasteiger charge is -2.27. The third kappa shape index (κ3) is 7.99. The van der Waals surface area contributed by atoms with Crippen molar-refractivity contribution in [3.05, 3.63) is 0 Å². The summed E-state index contributed by atoms with van der Waals surface area (Å²) in [5.41, 5.74) is 0. The van der Waals surface area contributed by atoms with Crippen LogP contribution in [0.2, 0.25) is 0 Å². The van der Waals surface area contributed by atoms with Crippen LogP contribution < -0.4 is 0 Å². The Morgan fingerprint density at radius 2 is 1.82 bits per heavy atom. The molecule has 3 heteroatoms. The number of carbonyl (C=O) groups excluding carboxylic acids is 1. The normalized spacial score (nSPS) is 24.7. The van der Waals surface area contributed by atoms with E-state index in [0.29, 0.717) is 18.4 Å². The van der Waals surface area contributed by atoms with Gasteiger partial charge in [0.15, 0.2) is 0 Å². The zero-order valence-electron chi connectivity index (χ0n) is 14.8. The van der Waals surface area contributed by atoms with Crippen molar-refractivity contribution in [2.24, 2.45) is 23.7 Å². The molecular formula is C19H35BrO2. The SMILES string of the molecule is CCCCCC1CCC(C(=O)OCC(C)CC(C)CBr)CC1. The van der Waals surface area contributed by atoms with Gasteiger partial charge in [-0.05, 0) is 49.9 Å². The summed E-state index contributed by atoms with van der Waals surface area (Å²) < 4.78 is 5.57. The van der Waals surface area contributed by atoms with Crippen LogP contribution in [0.5, 0.6) is 0 Å². The molecule has 1 fully saturated rings. The summed E-state index contributed by atoms with van der Waals surface area (Å²) in [4.78, 5) is 12.2. The van der Waals surface area contributed by atoms with Crippen LogP contribution in [0.1, 0.15) is 78.6 Å². The smallest absolute Gasteiger partial charge is 0.308 e. The number of carbonyl (C=O) groups is 1. The van der Waals surface area contributed by atoms with E-state index in [1.165, 1.54) is 38.5 Å². The molecule has 2 atom stereocenters. The molecule has 22 heavy (non-hydrogen) atoms. The van der Waals surface area contributed by atoms with Crippen molar-refractivity contribution in [2.75, 3.05) is 11.9 Å². The van der Waals surface area contributed by atoms with E-state index in [4.69, 9.17) is 4.74 Å². The fraction of sp³-hybridized carbons (Fsp3) is 0.947. The lowest BCUT2D eigenvalue weighted by atomic mass is 9.80. The van der Waals surface area contributed by atoms with E-state index in [1.54, 1.807) is 0 Å². The Labute approximate surface area is 145 Å². The molecule has 2 unspecified atom stereocenters. The van der Waals surface area contributed by atoms with E-state index in [-0.39, 0.29) is 11.9 Å². The Balaban J connectivity index is 2.17. The lowest BCUT2D eigenvalue weighted by Crippen LogP contribution is -2.25. The van der Waals surface area contributed by atoms with Crippen molar-refractivity contribution in [2.45, 2.75) is 78.6 Å². The van der Waals surface area contributed by atoms with Gasteiger partial charge in [-0.2, -0.15) is 0 Å². The molecule has 0 aromatic rings. The maximum atomic E-state index is 12.2. The molecule has 1 aliphatic carbocycles. The van der Waals surface area contributed by atoms with Crippen LogP contribution in [0.4, 0.5) is 0 Å². The quantitative estimate of drug-likeness (QED) is 0.267.